The lowest BCUT2D eigenvalue weighted by Gasteiger charge is -2.26. The van der Waals surface area contributed by atoms with Gasteiger partial charge in [-0.3, -0.25) is 4.68 Å². The summed E-state index contributed by atoms with van der Waals surface area (Å²) in [7, 11) is 0. The number of likely N-dealkylation sites (tertiary alicyclic amines) is 1. The Morgan fingerprint density at radius 1 is 1.50 bits per heavy atom. The Morgan fingerprint density at radius 2 is 2.15 bits per heavy atom. The summed E-state index contributed by atoms with van der Waals surface area (Å²) in [6, 6.07) is 0.376. The molecule has 0 aromatic carbocycles. The first-order valence-corrected chi connectivity index (χ1v) is 7.67. The summed E-state index contributed by atoms with van der Waals surface area (Å²) < 4.78 is 8.45. The average molecular weight is 344 g/mol. The van der Waals surface area contributed by atoms with Crippen LogP contribution in [0.2, 0.25) is 0 Å². The number of aromatic nitrogens is 2. The Balaban J connectivity index is 2.09. The van der Waals surface area contributed by atoms with E-state index in [1.165, 1.54) is 0 Å². The fraction of sp³-hybridized carbons (Fsp3) is 0.714. The number of amides is 1. The van der Waals surface area contributed by atoms with Crippen LogP contribution in [0.25, 0.3) is 0 Å². The molecule has 1 aromatic rings. The van der Waals surface area contributed by atoms with Gasteiger partial charge in [0.2, 0.25) is 0 Å². The second kappa shape index (κ2) is 5.39. The van der Waals surface area contributed by atoms with Crippen LogP contribution in [0.3, 0.4) is 0 Å². The van der Waals surface area contributed by atoms with Gasteiger partial charge in [0.1, 0.15) is 5.60 Å². The van der Waals surface area contributed by atoms with Gasteiger partial charge < -0.3 is 9.64 Å². The zero-order chi connectivity index (χ0) is 15.1. The third-order valence-electron chi connectivity index (χ3n) is 3.51. The third kappa shape index (κ3) is 3.16. The van der Waals surface area contributed by atoms with Crippen molar-refractivity contribution in [2.75, 3.05) is 6.54 Å². The Morgan fingerprint density at radius 3 is 2.65 bits per heavy atom. The van der Waals surface area contributed by atoms with E-state index >= 15 is 0 Å². The largest absolute Gasteiger partial charge is 0.444 e. The van der Waals surface area contributed by atoms with Crippen LogP contribution in [0.1, 0.15) is 45.9 Å². The monoisotopic (exact) mass is 343 g/mol. The Kier molecular flexibility index (Phi) is 4.14. The first-order valence-electron chi connectivity index (χ1n) is 6.88. The van der Waals surface area contributed by atoms with Crippen molar-refractivity contribution in [2.24, 2.45) is 0 Å². The smallest absolute Gasteiger partial charge is 0.410 e. The van der Waals surface area contributed by atoms with E-state index in [4.69, 9.17) is 4.74 Å². The first kappa shape index (κ1) is 15.4. The highest BCUT2D eigenvalue weighted by atomic mass is 79.9. The van der Waals surface area contributed by atoms with Gasteiger partial charge in [-0.05, 0) is 57.0 Å². The molecule has 2 heterocycles. The molecule has 1 saturated heterocycles. The fourth-order valence-corrected chi connectivity index (χ4v) is 2.80. The molecule has 0 aliphatic carbocycles. The molecule has 0 spiro atoms. The van der Waals surface area contributed by atoms with E-state index < -0.39 is 5.60 Å². The van der Waals surface area contributed by atoms with E-state index in [0.29, 0.717) is 6.54 Å². The van der Waals surface area contributed by atoms with E-state index in [0.717, 1.165) is 16.6 Å². The van der Waals surface area contributed by atoms with E-state index in [1.54, 1.807) is 11.1 Å². The number of ether oxygens (including phenoxy) is 1. The van der Waals surface area contributed by atoms with Crippen molar-refractivity contribution < 1.29 is 9.53 Å². The summed E-state index contributed by atoms with van der Waals surface area (Å²) in [6.45, 7) is 10.4. The summed E-state index contributed by atoms with van der Waals surface area (Å²) in [4.78, 5) is 14.0. The number of carbonyl (C=O) groups is 1. The van der Waals surface area contributed by atoms with Gasteiger partial charge in [0.15, 0.2) is 0 Å². The highest BCUT2D eigenvalue weighted by Crippen LogP contribution is 2.30. The normalized spacial score (nSPS) is 23.2. The lowest BCUT2D eigenvalue weighted by molar-refractivity contribution is 0.0234. The molecule has 0 N–H and O–H groups in total. The van der Waals surface area contributed by atoms with Crippen LogP contribution in [0.15, 0.2) is 10.7 Å². The van der Waals surface area contributed by atoms with Crippen molar-refractivity contribution in [3.8, 4) is 0 Å². The lowest BCUT2D eigenvalue weighted by atomic mass is 10.2. The first-order chi connectivity index (χ1) is 9.19. The Labute approximate surface area is 128 Å². The molecule has 1 fully saturated rings. The molecule has 1 amide bonds. The zero-order valence-electron chi connectivity index (χ0n) is 12.7. The summed E-state index contributed by atoms with van der Waals surface area (Å²) in [5.41, 5.74) is 0.632. The van der Waals surface area contributed by atoms with Crippen molar-refractivity contribution >= 4 is 22.0 Å². The SMILES string of the molecule is Cc1c(Br)cnn1[C@@H]1C[C@H](C)N(C(=O)OC(C)(C)C)C1. The van der Waals surface area contributed by atoms with Gasteiger partial charge in [-0.2, -0.15) is 5.10 Å². The third-order valence-corrected chi connectivity index (χ3v) is 4.29. The van der Waals surface area contributed by atoms with Gasteiger partial charge in [0, 0.05) is 18.3 Å². The van der Waals surface area contributed by atoms with E-state index in [1.807, 2.05) is 32.4 Å². The van der Waals surface area contributed by atoms with Crippen molar-refractivity contribution in [1.82, 2.24) is 14.7 Å². The minimum absolute atomic E-state index is 0.164. The van der Waals surface area contributed by atoms with Crippen molar-refractivity contribution in [1.29, 1.82) is 0 Å². The molecule has 1 aliphatic heterocycles. The molecule has 2 rings (SSSR count). The molecule has 1 aliphatic rings. The van der Waals surface area contributed by atoms with E-state index in [2.05, 4.69) is 28.0 Å². The van der Waals surface area contributed by atoms with Crippen molar-refractivity contribution in [3.05, 3.63) is 16.4 Å². The van der Waals surface area contributed by atoms with Crippen LogP contribution >= 0.6 is 15.9 Å². The number of hydrogen-bond acceptors (Lipinski definition) is 3. The van der Waals surface area contributed by atoms with Gasteiger partial charge in [-0.25, -0.2) is 4.79 Å². The number of hydrogen-bond donors (Lipinski definition) is 0. The van der Waals surface area contributed by atoms with Gasteiger partial charge >= 0.3 is 6.09 Å². The summed E-state index contributed by atoms with van der Waals surface area (Å²) >= 11 is 3.47. The average Bonchev–Trinajstić information content (AvgIpc) is 2.82. The molecule has 20 heavy (non-hydrogen) atoms. The molecule has 0 bridgehead atoms. The van der Waals surface area contributed by atoms with Crippen LogP contribution in [-0.2, 0) is 4.74 Å². The minimum Gasteiger partial charge on any atom is -0.444 e. The summed E-state index contributed by atoms with van der Waals surface area (Å²) in [5.74, 6) is 0. The molecule has 6 heteroatoms. The lowest BCUT2D eigenvalue weighted by Crippen LogP contribution is -2.39. The predicted octanol–water partition coefficient (Wildman–Crippen LogP) is 3.52. The number of carbonyl (C=O) groups excluding carboxylic acids is 1. The summed E-state index contributed by atoms with van der Waals surface area (Å²) in [6.07, 6.45) is 2.46. The van der Waals surface area contributed by atoms with E-state index in [-0.39, 0.29) is 18.2 Å². The maximum Gasteiger partial charge on any atom is 0.410 e. The predicted molar refractivity (Wildman–Crippen MR) is 80.7 cm³/mol. The molecule has 0 radical (unpaired) electrons. The molecular weight excluding hydrogens is 322 g/mol. The molecular formula is C14H22BrN3O2. The molecule has 0 saturated carbocycles. The maximum atomic E-state index is 12.2. The van der Waals surface area contributed by atoms with Crippen LogP contribution in [-0.4, -0.2) is 39.0 Å². The molecule has 1 aromatic heterocycles. The van der Waals surface area contributed by atoms with Gasteiger partial charge in [-0.1, -0.05) is 0 Å². The molecule has 5 nitrogen and oxygen atoms in total. The summed E-state index contributed by atoms with van der Waals surface area (Å²) in [5, 5.41) is 4.39. The molecule has 2 atom stereocenters. The van der Waals surface area contributed by atoms with E-state index in [9.17, 15) is 4.79 Å². The maximum absolute atomic E-state index is 12.2. The van der Waals surface area contributed by atoms with Crippen molar-refractivity contribution in [3.63, 3.8) is 0 Å². The van der Waals surface area contributed by atoms with Crippen LogP contribution in [0.5, 0.6) is 0 Å². The van der Waals surface area contributed by atoms with Crippen LogP contribution in [0, 0.1) is 6.92 Å². The van der Waals surface area contributed by atoms with Crippen LogP contribution in [0.4, 0.5) is 4.79 Å². The highest BCUT2D eigenvalue weighted by Gasteiger charge is 2.36. The number of halogens is 1. The quantitative estimate of drug-likeness (QED) is 0.783. The second-order valence-electron chi connectivity index (χ2n) is 6.39. The minimum atomic E-state index is -0.459. The van der Waals surface area contributed by atoms with Crippen LogP contribution < -0.4 is 0 Å². The fourth-order valence-electron chi connectivity index (χ4n) is 2.53. The Hall–Kier alpha value is -1.04. The molecule has 0 unspecified atom stereocenters. The highest BCUT2D eigenvalue weighted by molar-refractivity contribution is 9.10. The zero-order valence-corrected chi connectivity index (χ0v) is 14.3. The number of nitrogens with zero attached hydrogens (tertiary/aromatic N) is 3. The van der Waals surface area contributed by atoms with Gasteiger partial charge in [0.25, 0.3) is 0 Å². The van der Waals surface area contributed by atoms with Gasteiger partial charge in [-0.15, -0.1) is 0 Å². The van der Waals surface area contributed by atoms with Crippen molar-refractivity contribution in [2.45, 2.75) is 58.7 Å². The van der Waals surface area contributed by atoms with Gasteiger partial charge in [0.05, 0.1) is 16.7 Å². The standard InChI is InChI=1S/C14H22BrN3O2/c1-9-6-11(18-10(2)12(15)7-16-18)8-17(9)13(19)20-14(3,4)5/h7,9,11H,6,8H2,1-5H3/t9-,11+/m0/s1. The Bertz CT molecular complexity index is 507. The topological polar surface area (TPSA) is 47.4 Å². The number of rotatable bonds is 1. The molecule has 112 valence electrons. The second-order valence-corrected chi connectivity index (χ2v) is 7.25.